The van der Waals surface area contributed by atoms with Gasteiger partial charge in [0.15, 0.2) is 9.84 Å². The smallest absolute Gasteiger partial charge is 0.314 e. The molecular formula is C13H18ClF3N2O2S. The summed E-state index contributed by atoms with van der Waals surface area (Å²) in [5.74, 6) is 0. The summed E-state index contributed by atoms with van der Waals surface area (Å²) in [5.41, 5.74) is 0.0665. The molecule has 1 heterocycles. The van der Waals surface area contributed by atoms with Crippen molar-refractivity contribution in [2.24, 2.45) is 0 Å². The third-order valence-electron chi connectivity index (χ3n) is 3.45. The highest BCUT2D eigenvalue weighted by atomic mass is 35.5. The molecule has 1 N–H and O–H groups in total. The van der Waals surface area contributed by atoms with Gasteiger partial charge < -0.3 is 5.32 Å². The van der Waals surface area contributed by atoms with Gasteiger partial charge in [0, 0.05) is 32.4 Å². The maximum Gasteiger partial charge on any atom is 0.408 e. The van der Waals surface area contributed by atoms with Gasteiger partial charge in [-0.25, -0.2) is 8.42 Å². The third kappa shape index (κ3) is 4.58. The van der Waals surface area contributed by atoms with Gasteiger partial charge in [-0.15, -0.1) is 12.4 Å². The zero-order valence-electron chi connectivity index (χ0n) is 11.9. The van der Waals surface area contributed by atoms with E-state index in [1.165, 1.54) is 29.2 Å². The van der Waals surface area contributed by atoms with Crippen molar-refractivity contribution in [2.45, 2.75) is 17.1 Å². The van der Waals surface area contributed by atoms with E-state index >= 15 is 0 Å². The van der Waals surface area contributed by atoms with Crippen LogP contribution in [0.1, 0.15) is 11.6 Å². The predicted molar refractivity (Wildman–Crippen MR) is 80.0 cm³/mol. The second kappa shape index (κ2) is 7.16. The van der Waals surface area contributed by atoms with Crippen molar-refractivity contribution in [2.75, 3.05) is 32.4 Å². The van der Waals surface area contributed by atoms with Crippen LogP contribution in [0.4, 0.5) is 13.2 Å². The van der Waals surface area contributed by atoms with E-state index in [0.717, 1.165) is 6.26 Å². The lowest BCUT2D eigenvalue weighted by molar-refractivity contribution is -0.187. The van der Waals surface area contributed by atoms with Gasteiger partial charge in [-0.2, -0.15) is 13.2 Å². The zero-order chi connectivity index (χ0) is 15.7. The van der Waals surface area contributed by atoms with Crippen LogP contribution in [-0.4, -0.2) is 51.9 Å². The van der Waals surface area contributed by atoms with E-state index in [-0.39, 0.29) is 22.9 Å². The Hall–Kier alpha value is -0.830. The molecule has 0 unspecified atom stereocenters. The van der Waals surface area contributed by atoms with Crippen LogP contribution in [0, 0.1) is 0 Å². The minimum Gasteiger partial charge on any atom is -0.314 e. The molecule has 1 aromatic carbocycles. The SMILES string of the molecule is CS(=O)(=O)c1ccc([C@H](N2CCNCC2)C(F)(F)F)cc1.Cl. The first-order valence-electron chi connectivity index (χ1n) is 6.51. The number of benzene rings is 1. The van der Waals surface area contributed by atoms with Gasteiger partial charge in [0.05, 0.1) is 4.90 Å². The van der Waals surface area contributed by atoms with E-state index < -0.39 is 22.1 Å². The molecular weight excluding hydrogens is 341 g/mol. The average molecular weight is 359 g/mol. The predicted octanol–water partition coefficient (Wildman–Crippen LogP) is 2.02. The zero-order valence-corrected chi connectivity index (χ0v) is 13.6. The van der Waals surface area contributed by atoms with Crippen molar-refractivity contribution < 1.29 is 21.6 Å². The topological polar surface area (TPSA) is 49.4 Å². The molecule has 4 nitrogen and oxygen atoms in total. The number of halogens is 4. The average Bonchev–Trinajstić information content (AvgIpc) is 2.38. The summed E-state index contributed by atoms with van der Waals surface area (Å²) in [5, 5.41) is 3.01. The first kappa shape index (κ1) is 19.2. The number of alkyl halides is 3. The monoisotopic (exact) mass is 358 g/mol. The fraction of sp³-hybridized carbons (Fsp3) is 0.538. The fourth-order valence-electron chi connectivity index (χ4n) is 2.44. The third-order valence-corrected chi connectivity index (χ3v) is 4.58. The lowest BCUT2D eigenvalue weighted by Gasteiger charge is -2.36. The Balaban J connectivity index is 0.00000242. The minimum absolute atomic E-state index is 0. The van der Waals surface area contributed by atoms with E-state index in [9.17, 15) is 21.6 Å². The Labute approximate surface area is 134 Å². The Kier molecular flexibility index (Phi) is 6.26. The molecule has 0 radical (unpaired) electrons. The van der Waals surface area contributed by atoms with E-state index in [1.807, 2.05) is 0 Å². The maximum atomic E-state index is 13.3. The van der Waals surface area contributed by atoms with Crippen LogP contribution < -0.4 is 5.32 Å². The molecule has 0 amide bonds. The molecule has 0 bridgehead atoms. The standard InChI is InChI=1S/C13H17F3N2O2S.ClH/c1-21(19,20)11-4-2-10(3-5-11)12(13(14,15)16)18-8-6-17-7-9-18;/h2-5,12,17H,6-9H2,1H3;1H/t12-;/m0./s1. The summed E-state index contributed by atoms with van der Waals surface area (Å²) in [6, 6.07) is 3.25. The van der Waals surface area contributed by atoms with Crippen LogP contribution >= 0.6 is 12.4 Å². The van der Waals surface area contributed by atoms with Crippen LogP contribution in [0.25, 0.3) is 0 Å². The van der Waals surface area contributed by atoms with E-state index in [2.05, 4.69) is 5.32 Å². The number of hydrogen-bond donors (Lipinski definition) is 1. The Bertz CT molecular complexity index is 584. The highest BCUT2D eigenvalue weighted by Gasteiger charge is 2.44. The van der Waals surface area contributed by atoms with Crippen molar-refractivity contribution in [1.29, 1.82) is 0 Å². The summed E-state index contributed by atoms with van der Waals surface area (Å²) in [6.45, 7) is 1.62. The van der Waals surface area contributed by atoms with Gasteiger partial charge in [-0.05, 0) is 17.7 Å². The second-order valence-corrected chi connectivity index (χ2v) is 7.09. The van der Waals surface area contributed by atoms with Crippen LogP contribution in [0.2, 0.25) is 0 Å². The van der Waals surface area contributed by atoms with Crippen LogP contribution in [0.3, 0.4) is 0 Å². The molecule has 126 valence electrons. The van der Waals surface area contributed by atoms with Gasteiger partial charge in [-0.1, -0.05) is 12.1 Å². The first-order chi connectivity index (χ1) is 9.69. The number of nitrogens with one attached hydrogen (secondary N) is 1. The van der Waals surface area contributed by atoms with Crippen molar-refractivity contribution in [3.05, 3.63) is 29.8 Å². The lowest BCUT2D eigenvalue weighted by atomic mass is 10.0. The number of nitrogens with zero attached hydrogens (tertiary/aromatic N) is 1. The second-order valence-electron chi connectivity index (χ2n) is 5.07. The summed E-state index contributed by atoms with van der Waals surface area (Å²) < 4.78 is 62.8. The molecule has 1 fully saturated rings. The molecule has 1 atom stereocenters. The molecule has 1 aliphatic heterocycles. The highest BCUT2D eigenvalue weighted by Crippen LogP contribution is 2.38. The number of piperazine rings is 1. The van der Waals surface area contributed by atoms with Crippen LogP contribution in [0.15, 0.2) is 29.2 Å². The molecule has 0 saturated carbocycles. The molecule has 0 aliphatic carbocycles. The van der Waals surface area contributed by atoms with E-state index in [1.54, 1.807) is 0 Å². The molecule has 0 aromatic heterocycles. The van der Waals surface area contributed by atoms with Crippen LogP contribution in [-0.2, 0) is 9.84 Å². The lowest BCUT2D eigenvalue weighted by Crippen LogP contribution is -2.49. The summed E-state index contributed by atoms with van der Waals surface area (Å²) >= 11 is 0. The van der Waals surface area contributed by atoms with Crippen molar-refractivity contribution in [1.82, 2.24) is 10.2 Å². The molecule has 1 saturated heterocycles. The Morgan fingerprint density at radius 2 is 1.64 bits per heavy atom. The fourth-order valence-corrected chi connectivity index (χ4v) is 3.07. The van der Waals surface area contributed by atoms with Gasteiger partial charge in [0.2, 0.25) is 0 Å². The Morgan fingerprint density at radius 1 is 1.14 bits per heavy atom. The molecule has 1 aliphatic rings. The number of sulfone groups is 1. The van der Waals surface area contributed by atoms with Gasteiger partial charge in [0.1, 0.15) is 6.04 Å². The molecule has 1 aromatic rings. The normalized spacial score (nSPS) is 18.5. The quantitative estimate of drug-likeness (QED) is 0.898. The van der Waals surface area contributed by atoms with Crippen LogP contribution in [0.5, 0.6) is 0 Å². The highest BCUT2D eigenvalue weighted by molar-refractivity contribution is 7.90. The number of hydrogen-bond acceptors (Lipinski definition) is 4. The molecule has 22 heavy (non-hydrogen) atoms. The molecule has 9 heteroatoms. The minimum atomic E-state index is -4.40. The number of rotatable bonds is 3. The van der Waals surface area contributed by atoms with Gasteiger partial charge in [-0.3, -0.25) is 4.90 Å². The van der Waals surface area contributed by atoms with Gasteiger partial charge in [0.25, 0.3) is 0 Å². The summed E-state index contributed by atoms with van der Waals surface area (Å²) in [4.78, 5) is 1.39. The van der Waals surface area contributed by atoms with Crippen molar-refractivity contribution >= 4 is 22.2 Å². The van der Waals surface area contributed by atoms with E-state index in [4.69, 9.17) is 0 Å². The summed E-state index contributed by atoms with van der Waals surface area (Å²) in [7, 11) is -3.41. The molecule has 0 spiro atoms. The Morgan fingerprint density at radius 3 is 2.05 bits per heavy atom. The largest absolute Gasteiger partial charge is 0.408 e. The van der Waals surface area contributed by atoms with E-state index in [0.29, 0.717) is 26.2 Å². The van der Waals surface area contributed by atoms with Gasteiger partial charge >= 0.3 is 6.18 Å². The molecule has 2 rings (SSSR count). The summed E-state index contributed by atoms with van der Waals surface area (Å²) in [6.07, 6.45) is -3.37. The van der Waals surface area contributed by atoms with Crippen molar-refractivity contribution in [3.63, 3.8) is 0 Å². The maximum absolute atomic E-state index is 13.3. The first-order valence-corrected chi connectivity index (χ1v) is 8.40. The van der Waals surface area contributed by atoms with Crippen molar-refractivity contribution in [3.8, 4) is 0 Å².